The monoisotopic (exact) mass is 1120 g/mol. The van der Waals surface area contributed by atoms with Gasteiger partial charge in [-0.1, -0.05) is 60.7 Å². The lowest BCUT2D eigenvalue weighted by atomic mass is 10.1. The van der Waals surface area contributed by atoms with Crippen LogP contribution in [0.2, 0.25) is 0 Å². The molecule has 1 atom stereocenters. The van der Waals surface area contributed by atoms with Crippen molar-refractivity contribution in [2.24, 2.45) is 0 Å². The Morgan fingerprint density at radius 1 is 0.526 bits per heavy atom. The minimum atomic E-state index is -0.606. The van der Waals surface area contributed by atoms with E-state index in [9.17, 15) is 29.4 Å². The summed E-state index contributed by atoms with van der Waals surface area (Å²) in [6, 6.07) is 30.0. The second-order valence-electron chi connectivity index (χ2n) is 18.1. The van der Waals surface area contributed by atoms with E-state index < -0.39 is 6.10 Å². The Bertz CT molecular complexity index is 3610. The van der Waals surface area contributed by atoms with Crippen molar-refractivity contribution in [2.75, 3.05) is 24.2 Å². The number of ether oxygens (including phenoxy) is 2. The predicted octanol–water partition coefficient (Wildman–Crippen LogP) is 8.13. The lowest BCUT2D eigenvalue weighted by molar-refractivity contribution is 0.130. The Balaban J connectivity index is 0.000000153. The van der Waals surface area contributed by atoms with Gasteiger partial charge in [-0.3, -0.25) is 36.9 Å². The van der Waals surface area contributed by atoms with E-state index in [-0.39, 0.29) is 40.2 Å². The summed E-state index contributed by atoms with van der Waals surface area (Å²) in [7, 11) is 0. The van der Waals surface area contributed by atoms with E-state index >= 15 is 0 Å². The molecule has 17 nitrogen and oxygen atoms in total. The number of alkyl halides is 3. The predicted molar refractivity (Wildman–Crippen MR) is 303 cm³/mol. The molecule has 0 saturated heterocycles. The Morgan fingerprint density at radius 3 is 1.37 bits per heavy atom. The second kappa shape index (κ2) is 27.8. The molecule has 1 unspecified atom stereocenters. The van der Waals surface area contributed by atoms with Crippen molar-refractivity contribution in [1.82, 2.24) is 37.7 Å². The highest BCUT2D eigenvalue weighted by Gasteiger charge is 2.23. The topological polar surface area (TPSA) is 217 Å². The summed E-state index contributed by atoms with van der Waals surface area (Å²) in [4.78, 5) is 66.8. The van der Waals surface area contributed by atoms with Crippen molar-refractivity contribution in [2.45, 2.75) is 92.1 Å². The first kappa shape index (κ1) is 58.3. The molecule has 2 aromatic carbocycles. The van der Waals surface area contributed by atoms with Crippen molar-refractivity contribution < 1.29 is 24.8 Å². The van der Waals surface area contributed by atoms with Crippen LogP contribution in [0.4, 0.5) is 0 Å². The number of rotatable bonds is 14. The van der Waals surface area contributed by atoms with Gasteiger partial charge in [0.15, 0.2) is 34.2 Å². The molecule has 9 aromatic rings. The molecule has 0 bridgehead atoms. The maximum absolute atomic E-state index is 12.6. The fourth-order valence-electron chi connectivity index (χ4n) is 8.86. The van der Waals surface area contributed by atoms with Crippen LogP contribution in [-0.2, 0) is 45.4 Å². The van der Waals surface area contributed by atoms with E-state index in [1.54, 1.807) is 68.2 Å². The SMILES string of the molecule is Cc1nc2c(O)cccn2c(=O)c1CCCl.Cc1nc2c(OCc3ccccc3)cccn2c(=O)c1CCCl.Cc1nc2c(OCc3ccccc3)cccn2c(=O)c1CCO.Cc1nc2n(c(=O)c1CCCl)CCCC2O. The average Bonchev–Trinajstić information content (AvgIpc) is 3.47. The molecule has 0 radical (unpaired) electrons. The van der Waals surface area contributed by atoms with Crippen LogP contribution in [0.15, 0.2) is 135 Å². The van der Waals surface area contributed by atoms with E-state index in [0.29, 0.717) is 143 Å². The maximum atomic E-state index is 12.6. The van der Waals surface area contributed by atoms with Crippen LogP contribution in [0.25, 0.3) is 16.9 Å². The Kier molecular flexibility index (Phi) is 20.7. The zero-order chi connectivity index (χ0) is 55.9. The van der Waals surface area contributed by atoms with E-state index in [0.717, 1.165) is 17.5 Å². The van der Waals surface area contributed by atoms with Crippen LogP contribution in [-0.4, -0.2) is 77.3 Å². The molecule has 3 N–H and O–H groups in total. The zero-order valence-electron chi connectivity index (χ0n) is 43.7. The number of hydrogen-bond donors (Lipinski definition) is 3. The number of pyridine rings is 3. The third-order valence-corrected chi connectivity index (χ3v) is 13.5. The standard InChI is InChI=1S/C18H17ClN2O2.C18H18N2O3.C11H15ClN2O2.C11H11ClN2O2/c1-13-15(9-10-19)18(22)21-11-5-8-16(17(21)20-13)23-12-14-6-3-2-4-7-14;1-13-15(9-11-21)18(22)20-10-5-8-16(17(20)19-13)23-12-14-6-3-2-4-7-14;2*1-7-8(4-5-12)11(16)14-6-2-3-9(15)10(14)13-7/h2-8,11H,9-10,12H2,1H3;2-8,10,21H,9,11-12H2,1H3;9,15H,2-6H2,1H3;2-3,6,15H,4-5H2,1H3. The lowest BCUT2D eigenvalue weighted by Gasteiger charge is -2.23. The summed E-state index contributed by atoms with van der Waals surface area (Å²) in [5.74, 6) is 2.85. The number of hydrogen-bond acceptors (Lipinski definition) is 13. The molecule has 0 saturated carbocycles. The Morgan fingerprint density at radius 2 is 0.923 bits per heavy atom. The summed E-state index contributed by atoms with van der Waals surface area (Å²) in [5, 5.41) is 28.5. The first-order chi connectivity index (χ1) is 37.7. The van der Waals surface area contributed by atoms with Crippen LogP contribution in [0, 0.1) is 27.7 Å². The molecule has 1 aliphatic rings. The fraction of sp³-hybridized carbons (Fsp3) is 0.310. The minimum Gasteiger partial charge on any atom is -0.504 e. The first-order valence-electron chi connectivity index (χ1n) is 25.3. The highest BCUT2D eigenvalue weighted by molar-refractivity contribution is 6.18. The van der Waals surface area contributed by atoms with Crippen molar-refractivity contribution in [1.29, 1.82) is 0 Å². The third-order valence-electron chi connectivity index (χ3n) is 12.9. The third kappa shape index (κ3) is 13.8. The number of aromatic hydroxyl groups is 1. The maximum Gasteiger partial charge on any atom is 0.261 e. The summed E-state index contributed by atoms with van der Waals surface area (Å²) in [6.45, 7) is 8.56. The molecule has 78 heavy (non-hydrogen) atoms. The van der Waals surface area contributed by atoms with E-state index in [1.165, 1.54) is 19.3 Å². The zero-order valence-corrected chi connectivity index (χ0v) is 46.0. The smallest absolute Gasteiger partial charge is 0.261 e. The number of benzene rings is 2. The van der Waals surface area contributed by atoms with E-state index in [1.807, 2.05) is 73.7 Å². The van der Waals surface area contributed by atoms with Gasteiger partial charge in [0.1, 0.15) is 25.1 Å². The van der Waals surface area contributed by atoms with Gasteiger partial charge >= 0.3 is 0 Å². The molecule has 0 amide bonds. The number of aryl methyl sites for hydroxylation is 4. The van der Waals surface area contributed by atoms with Gasteiger partial charge in [0.2, 0.25) is 0 Å². The molecule has 408 valence electrons. The molecule has 20 heteroatoms. The molecule has 8 heterocycles. The van der Waals surface area contributed by atoms with Crippen molar-refractivity contribution in [3.05, 3.63) is 219 Å². The fourth-order valence-corrected chi connectivity index (χ4v) is 9.42. The number of aliphatic hydroxyl groups is 2. The summed E-state index contributed by atoms with van der Waals surface area (Å²) in [5.41, 5.74) is 8.05. The van der Waals surface area contributed by atoms with Crippen molar-refractivity contribution >= 4 is 51.7 Å². The van der Waals surface area contributed by atoms with Gasteiger partial charge in [-0.25, -0.2) is 19.9 Å². The highest BCUT2D eigenvalue weighted by atomic mass is 35.5. The van der Waals surface area contributed by atoms with Gasteiger partial charge in [-0.05, 0) is 107 Å². The molecule has 0 spiro atoms. The number of fused-ring (bicyclic) bond motifs is 4. The molecular weight excluding hydrogens is 1060 g/mol. The second-order valence-corrected chi connectivity index (χ2v) is 19.3. The number of aliphatic hydroxyl groups excluding tert-OH is 2. The molecule has 0 aliphatic carbocycles. The number of nitrogens with zero attached hydrogens (tertiary/aromatic N) is 8. The van der Waals surface area contributed by atoms with Gasteiger partial charge in [-0.2, -0.15) is 0 Å². The van der Waals surface area contributed by atoms with Crippen LogP contribution in [0.1, 0.15) is 80.9 Å². The van der Waals surface area contributed by atoms with Crippen LogP contribution >= 0.6 is 34.8 Å². The molecule has 0 fully saturated rings. The number of aromatic nitrogens is 8. The molecule has 1 aliphatic heterocycles. The molecule has 7 aromatic heterocycles. The largest absolute Gasteiger partial charge is 0.504 e. The normalized spacial score (nSPS) is 12.7. The lowest BCUT2D eigenvalue weighted by Crippen LogP contribution is -2.33. The first-order valence-corrected chi connectivity index (χ1v) is 26.9. The molecular formula is C58H61Cl3N8O9. The Labute approximate surface area is 464 Å². The van der Waals surface area contributed by atoms with Gasteiger partial charge < -0.3 is 24.8 Å². The van der Waals surface area contributed by atoms with Gasteiger partial charge in [0, 0.05) is 101 Å². The van der Waals surface area contributed by atoms with Crippen LogP contribution in [0.5, 0.6) is 17.2 Å². The van der Waals surface area contributed by atoms with Gasteiger partial charge in [0.05, 0.1) is 0 Å². The quantitative estimate of drug-likeness (QED) is 0.0878. The minimum absolute atomic E-state index is 0.000114. The Hall–Kier alpha value is -7.41. The van der Waals surface area contributed by atoms with Crippen molar-refractivity contribution in [3.63, 3.8) is 0 Å². The molecule has 10 rings (SSSR count). The summed E-state index contributed by atoms with van der Waals surface area (Å²) >= 11 is 17.1. The van der Waals surface area contributed by atoms with Gasteiger partial charge in [-0.15, -0.1) is 34.8 Å². The highest BCUT2D eigenvalue weighted by Crippen LogP contribution is 2.24. The van der Waals surface area contributed by atoms with Crippen LogP contribution < -0.4 is 31.7 Å². The van der Waals surface area contributed by atoms with Crippen molar-refractivity contribution in [3.8, 4) is 17.2 Å². The van der Waals surface area contributed by atoms with E-state index in [4.69, 9.17) is 49.4 Å². The van der Waals surface area contributed by atoms with E-state index in [2.05, 4.69) is 19.9 Å². The summed E-state index contributed by atoms with van der Waals surface area (Å²) in [6.07, 6.45) is 7.68. The summed E-state index contributed by atoms with van der Waals surface area (Å²) < 4.78 is 17.6. The van der Waals surface area contributed by atoms with Crippen LogP contribution in [0.3, 0.4) is 0 Å². The number of halogens is 3. The van der Waals surface area contributed by atoms with Gasteiger partial charge in [0.25, 0.3) is 22.2 Å². The average molecular weight is 1120 g/mol.